The lowest BCUT2D eigenvalue weighted by Gasteiger charge is -2.29. The molecule has 1 heterocycles. The number of ether oxygens (including phenoxy) is 2. The van der Waals surface area contributed by atoms with Crippen LogP contribution in [0.1, 0.15) is 63.6 Å². The number of esters is 1. The molecule has 2 aromatic carbocycles. The summed E-state index contributed by atoms with van der Waals surface area (Å²) >= 11 is 0. The van der Waals surface area contributed by atoms with Crippen LogP contribution in [0, 0.1) is 5.41 Å². The minimum absolute atomic E-state index is 0.159. The first-order valence-corrected chi connectivity index (χ1v) is 11.2. The van der Waals surface area contributed by atoms with E-state index in [-0.39, 0.29) is 43.1 Å². The number of nitrogens with zero attached hydrogens (tertiary/aromatic N) is 1. The van der Waals surface area contributed by atoms with Crippen molar-refractivity contribution in [2.24, 2.45) is 5.41 Å². The Balaban J connectivity index is 1.70. The van der Waals surface area contributed by atoms with Crippen molar-refractivity contribution >= 4 is 17.8 Å². The van der Waals surface area contributed by atoms with E-state index in [4.69, 9.17) is 9.47 Å². The average molecular weight is 452 g/mol. The van der Waals surface area contributed by atoms with Crippen LogP contribution in [0.15, 0.2) is 48.5 Å². The van der Waals surface area contributed by atoms with Gasteiger partial charge in [0, 0.05) is 6.42 Å². The molecule has 33 heavy (non-hydrogen) atoms. The van der Waals surface area contributed by atoms with Crippen LogP contribution in [0.25, 0.3) is 0 Å². The summed E-state index contributed by atoms with van der Waals surface area (Å²) in [6.07, 6.45) is 0.360. The maximum atomic E-state index is 13.3. The van der Waals surface area contributed by atoms with Gasteiger partial charge in [0.1, 0.15) is 11.4 Å². The highest BCUT2D eigenvalue weighted by molar-refractivity contribution is 6.06. The summed E-state index contributed by atoms with van der Waals surface area (Å²) < 4.78 is 10.6. The van der Waals surface area contributed by atoms with Crippen molar-refractivity contribution in [3.8, 4) is 5.75 Å². The second-order valence-corrected chi connectivity index (χ2v) is 9.95. The van der Waals surface area contributed by atoms with Gasteiger partial charge in [0.25, 0.3) is 0 Å². The van der Waals surface area contributed by atoms with Crippen LogP contribution >= 0.6 is 0 Å². The summed E-state index contributed by atoms with van der Waals surface area (Å²) in [7, 11) is 1.60. The molecule has 0 aliphatic carbocycles. The smallest absolute Gasteiger partial charge is 0.310 e. The van der Waals surface area contributed by atoms with Crippen LogP contribution in [0.4, 0.5) is 0 Å². The molecule has 1 fully saturated rings. The zero-order valence-electron chi connectivity index (χ0n) is 20.3. The van der Waals surface area contributed by atoms with Crippen LogP contribution in [-0.4, -0.2) is 35.4 Å². The maximum absolute atomic E-state index is 13.3. The van der Waals surface area contributed by atoms with Crippen LogP contribution in [-0.2, 0) is 32.1 Å². The molecular weight excluding hydrogens is 418 g/mol. The van der Waals surface area contributed by atoms with Gasteiger partial charge in [0.2, 0.25) is 11.8 Å². The molecule has 176 valence electrons. The molecule has 6 nitrogen and oxygen atoms in total. The highest BCUT2D eigenvalue weighted by Gasteiger charge is 2.51. The van der Waals surface area contributed by atoms with Crippen molar-refractivity contribution in [3.63, 3.8) is 0 Å². The predicted octanol–water partition coefficient (Wildman–Crippen LogP) is 4.65. The number of rotatable bonds is 7. The molecule has 1 unspecified atom stereocenters. The first-order chi connectivity index (χ1) is 15.4. The van der Waals surface area contributed by atoms with Crippen molar-refractivity contribution in [1.82, 2.24) is 4.90 Å². The van der Waals surface area contributed by atoms with Gasteiger partial charge in [-0.1, -0.05) is 43.3 Å². The van der Waals surface area contributed by atoms with Gasteiger partial charge in [-0.25, -0.2) is 0 Å². The number of imide groups is 1. The minimum Gasteiger partial charge on any atom is -0.497 e. The Morgan fingerprint density at radius 3 is 2.15 bits per heavy atom. The standard InChI is InChI=1S/C27H33NO5/c1-18(21-11-7-19(8-12-21)15-24(30)33-26(2,3)4)27(5)16-23(29)28(25(27)31)17-20-9-13-22(32-6)14-10-20/h7-14,18H,15-17H2,1-6H3/t18-,27?/m1/s1. The van der Waals surface area contributed by atoms with Crippen LogP contribution in [0.2, 0.25) is 0 Å². The number of hydrogen-bond acceptors (Lipinski definition) is 5. The molecule has 1 saturated heterocycles. The molecule has 2 aromatic rings. The summed E-state index contributed by atoms with van der Waals surface area (Å²) in [5.41, 5.74) is 1.34. The summed E-state index contributed by atoms with van der Waals surface area (Å²) in [5, 5.41) is 0. The van der Waals surface area contributed by atoms with E-state index in [1.807, 2.05) is 83.1 Å². The van der Waals surface area contributed by atoms with E-state index in [0.717, 1.165) is 22.4 Å². The quantitative estimate of drug-likeness (QED) is 0.453. The summed E-state index contributed by atoms with van der Waals surface area (Å²) in [4.78, 5) is 39.6. The van der Waals surface area contributed by atoms with Gasteiger partial charge in [-0.05, 0) is 62.4 Å². The van der Waals surface area contributed by atoms with Crippen LogP contribution in [0.3, 0.4) is 0 Å². The van der Waals surface area contributed by atoms with E-state index in [0.29, 0.717) is 0 Å². The molecular formula is C27H33NO5. The Morgan fingerprint density at radius 2 is 1.61 bits per heavy atom. The van der Waals surface area contributed by atoms with Gasteiger partial charge in [-0.3, -0.25) is 19.3 Å². The Hall–Kier alpha value is -3.15. The van der Waals surface area contributed by atoms with Crippen LogP contribution < -0.4 is 4.74 Å². The van der Waals surface area contributed by atoms with Crippen molar-refractivity contribution < 1.29 is 23.9 Å². The molecule has 1 aliphatic heterocycles. The maximum Gasteiger partial charge on any atom is 0.310 e. The van der Waals surface area contributed by atoms with Gasteiger partial charge in [-0.15, -0.1) is 0 Å². The molecule has 6 heteroatoms. The second-order valence-electron chi connectivity index (χ2n) is 9.95. The number of carbonyl (C=O) groups is 3. The SMILES string of the molecule is COc1ccc(CN2C(=O)CC(C)([C@H](C)c3ccc(CC(=O)OC(C)(C)C)cc3)C2=O)cc1. The molecule has 2 atom stereocenters. The molecule has 3 rings (SSSR count). The predicted molar refractivity (Wildman–Crippen MR) is 126 cm³/mol. The van der Waals surface area contributed by atoms with Gasteiger partial charge in [-0.2, -0.15) is 0 Å². The van der Waals surface area contributed by atoms with E-state index in [2.05, 4.69) is 0 Å². The zero-order chi connectivity index (χ0) is 24.4. The highest BCUT2D eigenvalue weighted by atomic mass is 16.6. The lowest BCUT2D eigenvalue weighted by molar-refractivity contribution is -0.154. The lowest BCUT2D eigenvalue weighted by atomic mass is 9.73. The Kier molecular flexibility index (Phi) is 6.96. The van der Waals surface area contributed by atoms with E-state index in [9.17, 15) is 14.4 Å². The zero-order valence-corrected chi connectivity index (χ0v) is 20.3. The van der Waals surface area contributed by atoms with Crippen molar-refractivity contribution in [3.05, 3.63) is 65.2 Å². The van der Waals surface area contributed by atoms with E-state index in [1.165, 1.54) is 4.90 Å². The van der Waals surface area contributed by atoms with E-state index in [1.54, 1.807) is 7.11 Å². The number of hydrogen-bond donors (Lipinski definition) is 0. The number of likely N-dealkylation sites (tertiary alicyclic amines) is 1. The van der Waals surface area contributed by atoms with Crippen molar-refractivity contribution in [1.29, 1.82) is 0 Å². The monoisotopic (exact) mass is 451 g/mol. The van der Waals surface area contributed by atoms with Crippen molar-refractivity contribution in [2.75, 3.05) is 7.11 Å². The normalized spacial score (nSPS) is 19.5. The van der Waals surface area contributed by atoms with Crippen LogP contribution in [0.5, 0.6) is 5.75 Å². The van der Waals surface area contributed by atoms with Gasteiger partial charge >= 0.3 is 5.97 Å². The highest BCUT2D eigenvalue weighted by Crippen LogP contribution is 2.45. The first-order valence-electron chi connectivity index (χ1n) is 11.2. The molecule has 0 aromatic heterocycles. The fourth-order valence-electron chi connectivity index (χ4n) is 4.15. The molecule has 0 bridgehead atoms. The third kappa shape index (κ3) is 5.62. The number of benzene rings is 2. The second kappa shape index (κ2) is 9.38. The Bertz CT molecular complexity index is 1020. The summed E-state index contributed by atoms with van der Waals surface area (Å²) in [6.45, 7) is 9.61. The lowest BCUT2D eigenvalue weighted by Crippen LogP contribution is -2.36. The summed E-state index contributed by atoms with van der Waals surface area (Å²) in [5.74, 6) is -0.0295. The van der Waals surface area contributed by atoms with Gasteiger partial charge in [0.15, 0.2) is 0 Å². The average Bonchev–Trinajstić information content (AvgIpc) is 2.97. The van der Waals surface area contributed by atoms with E-state index < -0.39 is 11.0 Å². The number of amides is 2. The van der Waals surface area contributed by atoms with E-state index >= 15 is 0 Å². The fourth-order valence-corrected chi connectivity index (χ4v) is 4.15. The molecule has 1 aliphatic rings. The topological polar surface area (TPSA) is 72.9 Å². The third-order valence-electron chi connectivity index (χ3n) is 6.26. The molecule has 0 N–H and O–H groups in total. The molecule has 0 spiro atoms. The fraction of sp³-hybridized carbons (Fsp3) is 0.444. The largest absolute Gasteiger partial charge is 0.497 e. The molecule has 0 saturated carbocycles. The Morgan fingerprint density at radius 1 is 1.03 bits per heavy atom. The Labute approximate surface area is 195 Å². The minimum atomic E-state index is -0.823. The van der Waals surface area contributed by atoms with Gasteiger partial charge < -0.3 is 9.47 Å². The van der Waals surface area contributed by atoms with Crippen molar-refractivity contribution in [2.45, 2.75) is 65.5 Å². The van der Waals surface area contributed by atoms with Gasteiger partial charge in [0.05, 0.1) is 25.5 Å². The third-order valence-corrected chi connectivity index (χ3v) is 6.26. The number of methoxy groups -OCH3 is 1. The number of carbonyl (C=O) groups excluding carboxylic acids is 3. The first kappa shape index (κ1) is 24.5. The molecule has 0 radical (unpaired) electrons. The molecule has 2 amide bonds. The summed E-state index contributed by atoms with van der Waals surface area (Å²) in [6, 6.07) is 15.0.